The molecule has 25 heavy (non-hydrogen) atoms. The second kappa shape index (κ2) is 7.77. The van der Waals surface area contributed by atoms with Gasteiger partial charge in [-0.2, -0.15) is 0 Å². The molecule has 130 valence electrons. The summed E-state index contributed by atoms with van der Waals surface area (Å²) in [6.07, 6.45) is 13.7. The second-order valence-electron chi connectivity index (χ2n) is 7.17. The van der Waals surface area contributed by atoms with E-state index >= 15 is 0 Å². The zero-order chi connectivity index (χ0) is 17.7. The van der Waals surface area contributed by atoms with E-state index in [2.05, 4.69) is 42.5 Å². The molecule has 0 radical (unpaired) electrons. The van der Waals surface area contributed by atoms with Crippen molar-refractivity contribution < 1.29 is 9.59 Å². The molecule has 0 aromatic heterocycles. The molecule has 0 amide bonds. The zero-order valence-corrected chi connectivity index (χ0v) is 15.0. The van der Waals surface area contributed by atoms with E-state index in [1.54, 1.807) is 0 Å². The first-order valence-electron chi connectivity index (χ1n) is 9.27. The first-order valence-corrected chi connectivity index (χ1v) is 9.27. The van der Waals surface area contributed by atoms with Gasteiger partial charge in [0.1, 0.15) is 5.78 Å². The van der Waals surface area contributed by atoms with Crippen molar-refractivity contribution in [3.8, 4) is 0 Å². The summed E-state index contributed by atoms with van der Waals surface area (Å²) in [6, 6.07) is 10.5. The van der Waals surface area contributed by atoms with Crippen LogP contribution in [0.25, 0.3) is 0 Å². The summed E-state index contributed by atoms with van der Waals surface area (Å²) in [6.45, 7) is 1.94. The first-order chi connectivity index (χ1) is 12.1. The Morgan fingerprint density at radius 1 is 1.08 bits per heavy atom. The van der Waals surface area contributed by atoms with Crippen LogP contribution in [0, 0.1) is 5.41 Å². The molecule has 2 aliphatic carbocycles. The summed E-state index contributed by atoms with van der Waals surface area (Å²) < 4.78 is 0. The molecule has 2 heteroatoms. The van der Waals surface area contributed by atoms with E-state index in [1.807, 2.05) is 19.1 Å². The number of ketones is 2. The number of rotatable bonds is 4. The summed E-state index contributed by atoms with van der Waals surface area (Å²) in [4.78, 5) is 24.4. The molecule has 0 unspecified atom stereocenters. The zero-order valence-electron chi connectivity index (χ0n) is 15.0. The van der Waals surface area contributed by atoms with E-state index in [-0.39, 0.29) is 11.2 Å². The van der Waals surface area contributed by atoms with Gasteiger partial charge in [0.25, 0.3) is 0 Å². The molecule has 1 aromatic rings. The Hall–Kier alpha value is -2.22. The molecule has 0 saturated heterocycles. The van der Waals surface area contributed by atoms with Crippen molar-refractivity contribution in [2.75, 3.05) is 0 Å². The minimum atomic E-state index is -0.306. The average Bonchev–Trinajstić information content (AvgIpc) is 2.89. The van der Waals surface area contributed by atoms with Gasteiger partial charge >= 0.3 is 0 Å². The van der Waals surface area contributed by atoms with Crippen LogP contribution in [-0.2, 0) is 16.0 Å². The number of carbonyl (C=O) groups excluding carboxylic acids is 2. The summed E-state index contributed by atoms with van der Waals surface area (Å²) >= 11 is 0. The Morgan fingerprint density at radius 2 is 1.80 bits per heavy atom. The molecule has 2 aliphatic rings. The lowest BCUT2D eigenvalue weighted by molar-refractivity contribution is -0.129. The fourth-order valence-corrected chi connectivity index (χ4v) is 4.02. The number of Topliss-reactive ketones (excluding diaryl/α,β-unsaturated/α-hetero) is 2. The highest BCUT2D eigenvalue weighted by Crippen LogP contribution is 2.50. The first kappa shape index (κ1) is 17.6. The third-order valence-corrected chi connectivity index (χ3v) is 5.53. The number of hydrogen-bond donors (Lipinski definition) is 0. The van der Waals surface area contributed by atoms with Gasteiger partial charge in [0.2, 0.25) is 0 Å². The Kier molecular flexibility index (Phi) is 5.47. The molecule has 2 nitrogen and oxygen atoms in total. The van der Waals surface area contributed by atoms with Crippen molar-refractivity contribution in [3.05, 3.63) is 71.3 Å². The largest absolute Gasteiger partial charge is 0.300 e. The standard InChI is InChI=1S/C23H26O2/c1-2-21-19(12-8-4-7-11-18-9-5-3-6-10-18)17-23(22(21)25)15-13-20(24)14-16-23/h2-6,8-10,12H,7,11,13-17H2,1H3. The van der Waals surface area contributed by atoms with Crippen LogP contribution in [0.15, 0.2) is 65.8 Å². The summed E-state index contributed by atoms with van der Waals surface area (Å²) in [7, 11) is 0. The fourth-order valence-electron chi connectivity index (χ4n) is 4.02. The normalized spacial score (nSPS) is 23.4. The lowest BCUT2D eigenvalue weighted by Crippen LogP contribution is -2.31. The van der Waals surface area contributed by atoms with E-state index in [4.69, 9.17) is 0 Å². The maximum atomic E-state index is 12.9. The Bertz CT molecular complexity index is 725. The third kappa shape index (κ3) is 3.89. The molecule has 0 aliphatic heterocycles. The fraction of sp³-hybridized carbons (Fsp3) is 0.391. The summed E-state index contributed by atoms with van der Waals surface area (Å²) in [5, 5.41) is 0. The van der Waals surface area contributed by atoms with E-state index in [9.17, 15) is 9.59 Å². The van der Waals surface area contributed by atoms with Gasteiger partial charge in [-0.05, 0) is 50.2 Å². The van der Waals surface area contributed by atoms with Crippen molar-refractivity contribution in [1.82, 2.24) is 0 Å². The van der Waals surface area contributed by atoms with Crippen LogP contribution >= 0.6 is 0 Å². The molecule has 2 fully saturated rings. The Labute approximate surface area is 150 Å². The molecular weight excluding hydrogens is 308 g/mol. The van der Waals surface area contributed by atoms with Crippen LogP contribution in [0.3, 0.4) is 0 Å². The van der Waals surface area contributed by atoms with Crippen LogP contribution < -0.4 is 0 Å². The van der Waals surface area contributed by atoms with Gasteiger partial charge in [0.15, 0.2) is 5.78 Å². The monoisotopic (exact) mass is 334 g/mol. The van der Waals surface area contributed by atoms with E-state index in [0.29, 0.717) is 18.6 Å². The van der Waals surface area contributed by atoms with Crippen molar-refractivity contribution >= 4 is 11.6 Å². The van der Waals surface area contributed by atoms with Crippen LogP contribution in [0.1, 0.15) is 51.0 Å². The highest BCUT2D eigenvalue weighted by Gasteiger charge is 2.48. The average molecular weight is 334 g/mol. The minimum absolute atomic E-state index is 0.256. The summed E-state index contributed by atoms with van der Waals surface area (Å²) in [5.74, 6) is 0.560. The molecule has 3 rings (SSSR count). The van der Waals surface area contributed by atoms with Gasteiger partial charge < -0.3 is 0 Å². The number of benzene rings is 1. The summed E-state index contributed by atoms with van der Waals surface area (Å²) in [5.41, 5.74) is 3.04. The lowest BCUT2D eigenvalue weighted by atomic mass is 9.71. The van der Waals surface area contributed by atoms with Crippen molar-refractivity contribution in [1.29, 1.82) is 0 Å². The number of carbonyl (C=O) groups is 2. The molecule has 0 heterocycles. The van der Waals surface area contributed by atoms with Gasteiger partial charge in [0.05, 0.1) is 0 Å². The predicted octanol–water partition coefficient (Wildman–Crippen LogP) is 5.15. The van der Waals surface area contributed by atoms with E-state index in [1.165, 1.54) is 5.56 Å². The van der Waals surface area contributed by atoms with Crippen molar-refractivity contribution in [3.63, 3.8) is 0 Å². The van der Waals surface area contributed by atoms with Gasteiger partial charge in [-0.3, -0.25) is 9.59 Å². The molecule has 0 bridgehead atoms. The number of aryl methyl sites for hydroxylation is 1. The highest BCUT2D eigenvalue weighted by atomic mass is 16.1. The predicted molar refractivity (Wildman–Crippen MR) is 101 cm³/mol. The third-order valence-electron chi connectivity index (χ3n) is 5.53. The Morgan fingerprint density at radius 3 is 2.48 bits per heavy atom. The van der Waals surface area contributed by atoms with Gasteiger partial charge in [-0.1, -0.05) is 54.6 Å². The molecule has 1 aromatic carbocycles. The molecule has 0 atom stereocenters. The second-order valence-corrected chi connectivity index (χ2v) is 7.17. The van der Waals surface area contributed by atoms with Gasteiger partial charge in [-0.15, -0.1) is 0 Å². The molecular formula is C23H26O2. The molecule has 1 spiro atoms. The SMILES string of the molecule is CC=C1C(=O)C2(CCC(=O)CC2)CC1=CC=CCCc1ccccc1. The maximum Gasteiger partial charge on any atom is 0.169 e. The molecule has 0 N–H and O–H groups in total. The maximum absolute atomic E-state index is 12.9. The van der Waals surface area contributed by atoms with E-state index in [0.717, 1.165) is 43.3 Å². The molecule has 2 saturated carbocycles. The van der Waals surface area contributed by atoms with Crippen LogP contribution in [-0.4, -0.2) is 11.6 Å². The van der Waals surface area contributed by atoms with Crippen molar-refractivity contribution in [2.45, 2.75) is 51.9 Å². The Balaban J connectivity index is 1.64. The van der Waals surface area contributed by atoms with Gasteiger partial charge in [0, 0.05) is 23.8 Å². The number of allylic oxidation sites excluding steroid dienone is 6. The topological polar surface area (TPSA) is 34.1 Å². The van der Waals surface area contributed by atoms with Gasteiger partial charge in [-0.25, -0.2) is 0 Å². The van der Waals surface area contributed by atoms with Crippen molar-refractivity contribution in [2.24, 2.45) is 5.41 Å². The smallest absolute Gasteiger partial charge is 0.169 e. The quantitative estimate of drug-likeness (QED) is 0.714. The van der Waals surface area contributed by atoms with Crippen LogP contribution in [0.4, 0.5) is 0 Å². The van der Waals surface area contributed by atoms with Crippen LogP contribution in [0.5, 0.6) is 0 Å². The highest BCUT2D eigenvalue weighted by molar-refractivity contribution is 6.08. The number of hydrogen-bond acceptors (Lipinski definition) is 2. The van der Waals surface area contributed by atoms with E-state index < -0.39 is 0 Å². The lowest BCUT2D eigenvalue weighted by Gasteiger charge is -2.30. The minimum Gasteiger partial charge on any atom is -0.300 e. The van der Waals surface area contributed by atoms with Crippen LogP contribution in [0.2, 0.25) is 0 Å².